The first kappa shape index (κ1) is 15.4. The topological polar surface area (TPSA) is 0 Å². The van der Waals surface area contributed by atoms with Gasteiger partial charge in [0.05, 0.1) is 0 Å². The van der Waals surface area contributed by atoms with Gasteiger partial charge in [-0.3, -0.25) is 0 Å². The lowest BCUT2D eigenvalue weighted by molar-refractivity contribution is 0.190. The van der Waals surface area contributed by atoms with Crippen molar-refractivity contribution >= 4 is 0 Å². The van der Waals surface area contributed by atoms with Crippen LogP contribution in [-0.2, 0) is 0 Å². The maximum Gasteiger partial charge on any atom is 0.135 e. The van der Waals surface area contributed by atoms with Gasteiger partial charge >= 0.3 is 0 Å². The van der Waals surface area contributed by atoms with Crippen molar-refractivity contribution in [2.75, 3.05) is 0 Å². The van der Waals surface area contributed by atoms with Gasteiger partial charge < -0.3 is 0 Å². The van der Waals surface area contributed by atoms with E-state index < -0.39 is 5.67 Å². The van der Waals surface area contributed by atoms with E-state index in [0.29, 0.717) is 24.3 Å². The third-order valence-corrected chi connectivity index (χ3v) is 2.92. The molecule has 0 N–H and O–H groups in total. The molecule has 1 heteroatoms. The smallest absolute Gasteiger partial charge is 0.135 e. The van der Waals surface area contributed by atoms with Crippen molar-refractivity contribution in [1.82, 2.24) is 0 Å². The Bertz CT molecular complexity index is 240. The summed E-state index contributed by atoms with van der Waals surface area (Å²) in [5.41, 5.74) is 0.421. The highest BCUT2D eigenvalue weighted by atomic mass is 19.1. The second-order valence-electron chi connectivity index (χ2n) is 5.37. The van der Waals surface area contributed by atoms with Crippen LogP contribution in [0, 0.1) is 5.92 Å². The molecule has 16 heavy (non-hydrogen) atoms. The van der Waals surface area contributed by atoms with E-state index in [9.17, 15) is 4.39 Å². The summed E-state index contributed by atoms with van der Waals surface area (Å²) in [6.45, 7) is 15.9. The number of rotatable bonds is 8. The molecule has 0 aliphatic carbocycles. The van der Waals surface area contributed by atoms with E-state index in [-0.39, 0.29) is 0 Å². The predicted octanol–water partition coefficient (Wildman–Crippen LogP) is 5.45. The molecule has 1 unspecified atom stereocenters. The van der Waals surface area contributed by atoms with Crippen LogP contribution in [0.2, 0.25) is 0 Å². The third kappa shape index (κ3) is 5.48. The molecule has 0 bridgehead atoms. The van der Waals surface area contributed by atoms with Gasteiger partial charge in [-0.25, -0.2) is 4.39 Å². The lowest BCUT2D eigenvalue weighted by atomic mass is 9.84. The van der Waals surface area contributed by atoms with Gasteiger partial charge in [0.1, 0.15) is 5.67 Å². The van der Waals surface area contributed by atoms with Crippen LogP contribution in [0.1, 0.15) is 59.8 Å². The zero-order valence-corrected chi connectivity index (χ0v) is 11.4. The molecule has 0 aromatic rings. The third-order valence-electron chi connectivity index (χ3n) is 2.92. The molecule has 94 valence electrons. The van der Waals surface area contributed by atoms with E-state index in [1.807, 2.05) is 0 Å². The lowest BCUT2D eigenvalue weighted by Gasteiger charge is -2.27. The van der Waals surface area contributed by atoms with Crippen LogP contribution in [0.5, 0.6) is 0 Å². The summed E-state index contributed by atoms with van der Waals surface area (Å²) in [7, 11) is 0. The Labute approximate surface area is 101 Å². The van der Waals surface area contributed by atoms with E-state index in [1.165, 1.54) is 0 Å². The maximum atomic E-state index is 14.6. The Morgan fingerprint density at radius 1 is 1.31 bits per heavy atom. The number of hydrogen-bond acceptors (Lipinski definition) is 0. The summed E-state index contributed by atoms with van der Waals surface area (Å²) in [6.07, 6.45) is 3.87. The number of alkyl halides is 1. The summed E-state index contributed by atoms with van der Waals surface area (Å²) in [5.74, 6) is 0.549. The molecule has 0 aromatic heterocycles. The molecular formula is C15H27F. The van der Waals surface area contributed by atoms with Crippen LogP contribution < -0.4 is 0 Å². The van der Waals surface area contributed by atoms with E-state index in [4.69, 9.17) is 0 Å². The second kappa shape index (κ2) is 6.88. The number of halogens is 1. The molecule has 0 amide bonds. The first-order chi connectivity index (χ1) is 7.31. The molecule has 0 fully saturated rings. The highest BCUT2D eigenvalue weighted by Gasteiger charge is 2.30. The predicted molar refractivity (Wildman–Crippen MR) is 71.4 cm³/mol. The number of unbranched alkanes of at least 4 members (excludes halogenated alkanes) is 1. The summed E-state index contributed by atoms with van der Waals surface area (Å²) >= 11 is 0. The Kier molecular flexibility index (Phi) is 6.62. The fraction of sp³-hybridized carbons (Fsp3) is 0.733. The SMILES string of the molecule is C=C(CC(C)C)CC(F)(CCCC)C(=C)C. The monoisotopic (exact) mass is 226 g/mol. The van der Waals surface area contributed by atoms with Gasteiger partial charge in [0, 0.05) is 6.42 Å². The molecule has 0 spiro atoms. The normalized spacial score (nSPS) is 14.9. The molecule has 0 nitrogen and oxygen atoms in total. The van der Waals surface area contributed by atoms with Gasteiger partial charge in [-0.1, -0.05) is 52.3 Å². The van der Waals surface area contributed by atoms with Gasteiger partial charge in [-0.15, -0.1) is 0 Å². The standard InChI is InChI=1S/C15H27F/c1-7-8-9-15(16,13(4)5)11-14(6)10-12(2)3/h12H,4,6-11H2,1-3,5H3. The van der Waals surface area contributed by atoms with Crippen LogP contribution in [0.4, 0.5) is 4.39 Å². The maximum absolute atomic E-state index is 14.6. The molecule has 1 atom stereocenters. The Hall–Kier alpha value is -0.590. The van der Waals surface area contributed by atoms with Crippen LogP contribution in [0.15, 0.2) is 24.3 Å². The number of allylic oxidation sites excluding steroid dienone is 2. The highest BCUT2D eigenvalue weighted by molar-refractivity contribution is 5.16. The summed E-state index contributed by atoms with van der Waals surface area (Å²) in [5, 5.41) is 0. The van der Waals surface area contributed by atoms with E-state index >= 15 is 0 Å². The van der Waals surface area contributed by atoms with E-state index in [1.54, 1.807) is 6.92 Å². The largest absolute Gasteiger partial charge is 0.239 e. The first-order valence-electron chi connectivity index (χ1n) is 6.33. The molecule has 0 radical (unpaired) electrons. The molecule has 0 aliphatic rings. The first-order valence-corrected chi connectivity index (χ1v) is 6.33. The summed E-state index contributed by atoms with van der Waals surface area (Å²) in [4.78, 5) is 0. The summed E-state index contributed by atoms with van der Waals surface area (Å²) in [6, 6.07) is 0. The van der Waals surface area contributed by atoms with Gasteiger partial charge in [0.25, 0.3) is 0 Å². The van der Waals surface area contributed by atoms with Gasteiger partial charge in [-0.2, -0.15) is 0 Å². The van der Waals surface area contributed by atoms with Crippen molar-refractivity contribution in [1.29, 1.82) is 0 Å². The molecule has 0 saturated heterocycles. The van der Waals surface area contributed by atoms with Crippen LogP contribution >= 0.6 is 0 Å². The zero-order valence-electron chi connectivity index (χ0n) is 11.4. The fourth-order valence-electron chi connectivity index (χ4n) is 1.96. The van der Waals surface area contributed by atoms with Gasteiger partial charge in [0.2, 0.25) is 0 Å². The molecular weight excluding hydrogens is 199 g/mol. The van der Waals surface area contributed by atoms with Crippen LogP contribution in [0.25, 0.3) is 0 Å². The average Bonchev–Trinajstić information content (AvgIpc) is 2.12. The fourth-order valence-corrected chi connectivity index (χ4v) is 1.96. The Balaban J connectivity index is 4.43. The molecule has 0 saturated carbocycles. The van der Waals surface area contributed by atoms with Gasteiger partial charge in [0.15, 0.2) is 0 Å². The lowest BCUT2D eigenvalue weighted by Crippen LogP contribution is -2.25. The minimum Gasteiger partial charge on any atom is -0.239 e. The van der Waals surface area contributed by atoms with Crippen molar-refractivity contribution in [3.63, 3.8) is 0 Å². The van der Waals surface area contributed by atoms with Crippen molar-refractivity contribution in [3.8, 4) is 0 Å². The zero-order chi connectivity index (χ0) is 12.8. The minimum absolute atomic E-state index is 0.445. The van der Waals surface area contributed by atoms with Crippen molar-refractivity contribution < 1.29 is 4.39 Å². The molecule has 0 heterocycles. The summed E-state index contributed by atoms with van der Waals surface area (Å²) < 4.78 is 14.6. The van der Waals surface area contributed by atoms with Gasteiger partial charge in [-0.05, 0) is 31.3 Å². The minimum atomic E-state index is -1.23. The van der Waals surface area contributed by atoms with Crippen LogP contribution in [-0.4, -0.2) is 5.67 Å². The van der Waals surface area contributed by atoms with Crippen molar-refractivity contribution in [2.24, 2.45) is 5.92 Å². The van der Waals surface area contributed by atoms with Crippen molar-refractivity contribution in [2.45, 2.75) is 65.5 Å². The van der Waals surface area contributed by atoms with Crippen LogP contribution in [0.3, 0.4) is 0 Å². The second-order valence-corrected chi connectivity index (χ2v) is 5.37. The van der Waals surface area contributed by atoms with E-state index in [2.05, 4.69) is 33.9 Å². The van der Waals surface area contributed by atoms with Crippen molar-refractivity contribution in [3.05, 3.63) is 24.3 Å². The van der Waals surface area contributed by atoms with E-state index in [0.717, 1.165) is 24.8 Å². The molecule has 0 aliphatic heterocycles. The Morgan fingerprint density at radius 2 is 1.88 bits per heavy atom. The average molecular weight is 226 g/mol. The molecule has 0 rings (SSSR count). The quantitative estimate of drug-likeness (QED) is 0.482. The number of hydrogen-bond donors (Lipinski definition) is 0. The molecule has 0 aromatic carbocycles. The Morgan fingerprint density at radius 3 is 2.25 bits per heavy atom. The highest BCUT2D eigenvalue weighted by Crippen LogP contribution is 2.34.